The molecule has 0 aliphatic heterocycles. The molecule has 0 N–H and O–H groups in total. The Labute approximate surface area is 143 Å². The summed E-state index contributed by atoms with van der Waals surface area (Å²) in [4.78, 5) is 0.465. The van der Waals surface area contributed by atoms with Crippen LogP contribution >= 0.6 is 0 Å². The van der Waals surface area contributed by atoms with Crippen LogP contribution in [-0.4, -0.2) is 28.3 Å². The van der Waals surface area contributed by atoms with Crippen molar-refractivity contribution in [3.63, 3.8) is 0 Å². The fraction of sp³-hybridized carbons (Fsp3) is 0.111. The fourth-order valence-electron chi connectivity index (χ4n) is 2.21. The van der Waals surface area contributed by atoms with E-state index in [1.165, 1.54) is 36.4 Å². The minimum Gasteiger partial charge on any atom is -0.223 e. The molecule has 0 aliphatic carbocycles. The Hall–Kier alpha value is -2.18. The molecule has 0 saturated carbocycles. The number of rotatable bonds is 7. The summed E-state index contributed by atoms with van der Waals surface area (Å²) in [6.45, 7) is 6.89. The Bertz CT molecular complexity index is 856. The average molecular weight is 362 g/mol. The highest BCUT2D eigenvalue weighted by Gasteiger charge is 2.14. The second kappa shape index (κ2) is 7.15. The van der Waals surface area contributed by atoms with E-state index in [4.69, 9.17) is 0 Å². The first-order valence-electron chi connectivity index (χ1n) is 7.18. The van der Waals surface area contributed by atoms with Gasteiger partial charge in [0.15, 0.2) is 19.7 Å². The van der Waals surface area contributed by atoms with Crippen molar-refractivity contribution in [2.24, 2.45) is 0 Å². The number of sulfone groups is 2. The molecular formula is C18H18O4S2. The molecule has 0 unspecified atom stereocenters. The molecule has 0 aliphatic rings. The highest BCUT2D eigenvalue weighted by atomic mass is 32.2. The van der Waals surface area contributed by atoms with Crippen molar-refractivity contribution >= 4 is 19.7 Å². The van der Waals surface area contributed by atoms with Gasteiger partial charge in [-0.15, -0.1) is 13.2 Å². The summed E-state index contributed by atoms with van der Waals surface area (Å²) in [7, 11) is -6.70. The van der Waals surface area contributed by atoms with E-state index in [-0.39, 0.29) is 21.3 Å². The minimum atomic E-state index is -3.35. The Kier molecular flexibility index (Phi) is 5.41. The van der Waals surface area contributed by atoms with Gasteiger partial charge in [-0.2, -0.15) is 0 Å². The molecule has 0 amide bonds. The van der Waals surface area contributed by atoms with Crippen LogP contribution in [-0.2, 0) is 19.7 Å². The Balaban J connectivity index is 2.30. The lowest BCUT2D eigenvalue weighted by Gasteiger charge is -2.06. The number of hydrogen-bond acceptors (Lipinski definition) is 4. The van der Waals surface area contributed by atoms with E-state index in [0.717, 1.165) is 11.1 Å². The second-order valence-corrected chi connectivity index (χ2v) is 9.26. The van der Waals surface area contributed by atoms with E-state index in [1.54, 1.807) is 24.3 Å². The van der Waals surface area contributed by atoms with Crippen LogP contribution < -0.4 is 0 Å². The third kappa shape index (κ3) is 4.01. The third-order valence-corrected chi connectivity index (χ3v) is 6.76. The van der Waals surface area contributed by atoms with Crippen LogP contribution in [0.5, 0.6) is 0 Å². The molecule has 0 aromatic heterocycles. The summed E-state index contributed by atoms with van der Waals surface area (Å²) in [6, 6.07) is 12.9. The summed E-state index contributed by atoms with van der Waals surface area (Å²) in [5.74, 6) is -0.218. The van der Waals surface area contributed by atoms with Crippen molar-refractivity contribution in [3.8, 4) is 11.1 Å². The van der Waals surface area contributed by atoms with Crippen molar-refractivity contribution in [1.29, 1.82) is 0 Å². The van der Waals surface area contributed by atoms with Crippen LogP contribution in [0, 0.1) is 0 Å². The van der Waals surface area contributed by atoms with Crippen molar-refractivity contribution < 1.29 is 16.8 Å². The van der Waals surface area contributed by atoms with Gasteiger partial charge in [0.1, 0.15) is 0 Å². The van der Waals surface area contributed by atoms with Gasteiger partial charge in [-0.3, -0.25) is 0 Å². The van der Waals surface area contributed by atoms with E-state index in [1.807, 2.05) is 0 Å². The first kappa shape index (κ1) is 18.2. The van der Waals surface area contributed by atoms with Crippen LogP contribution in [0.15, 0.2) is 83.6 Å². The van der Waals surface area contributed by atoms with Crippen molar-refractivity contribution in [2.45, 2.75) is 9.79 Å². The van der Waals surface area contributed by atoms with Gasteiger partial charge in [-0.1, -0.05) is 36.4 Å². The maximum Gasteiger partial charge on any atom is 0.181 e. The average Bonchev–Trinajstić information content (AvgIpc) is 2.55. The monoisotopic (exact) mass is 362 g/mol. The molecule has 0 bridgehead atoms. The highest BCUT2D eigenvalue weighted by molar-refractivity contribution is 7.91. The lowest BCUT2D eigenvalue weighted by Crippen LogP contribution is -2.04. The van der Waals surface area contributed by atoms with E-state index >= 15 is 0 Å². The molecule has 2 rings (SSSR count). The van der Waals surface area contributed by atoms with Gasteiger partial charge in [0.05, 0.1) is 21.3 Å². The molecule has 0 atom stereocenters. The standard InChI is InChI=1S/C18H18O4S2/c1-3-13-23(19,20)17-9-5-15(6-10-17)16-7-11-18(12-8-16)24(21,22)14-4-2/h3-12H,1-2,13-14H2. The molecule has 0 fully saturated rings. The van der Waals surface area contributed by atoms with Crippen LogP contribution in [0.1, 0.15) is 0 Å². The van der Waals surface area contributed by atoms with Crippen LogP contribution in [0.4, 0.5) is 0 Å². The van der Waals surface area contributed by atoms with Crippen molar-refractivity contribution in [3.05, 3.63) is 73.8 Å². The second-order valence-electron chi connectivity index (χ2n) is 5.19. The van der Waals surface area contributed by atoms with Gasteiger partial charge in [-0.05, 0) is 35.4 Å². The molecule has 2 aromatic rings. The predicted octanol–water partition coefficient (Wildman–Crippen LogP) is 3.27. The quantitative estimate of drug-likeness (QED) is 0.709. The molecule has 2 aromatic carbocycles. The summed E-state index contributed by atoms with van der Waals surface area (Å²) < 4.78 is 47.8. The molecule has 0 saturated heterocycles. The van der Waals surface area contributed by atoms with Gasteiger partial charge in [0.25, 0.3) is 0 Å². The minimum absolute atomic E-state index is 0.109. The molecular weight excluding hydrogens is 344 g/mol. The van der Waals surface area contributed by atoms with Gasteiger partial charge >= 0.3 is 0 Å². The number of hydrogen-bond donors (Lipinski definition) is 0. The summed E-state index contributed by atoms with van der Waals surface area (Å²) in [5, 5.41) is 0. The topological polar surface area (TPSA) is 68.3 Å². The molecule has 6 heteroatoms. The highest BCUT2D eigenvalue weighted by Crippen LogP contribution is 2.24. The van der Waals surface area contributed by atoms with Crippen molar-refractivity contribution in [2.75, 3.05) is 11.5 Å². The lowest BCUT2D eigenvalue weighted by atomic mass is 10.1. The molecule has 0 spiro atoms. The van der Waals surface area contributed by atoms with Gasteiger partial charge in [0, 0.05) is 0 Å². The lowest BCUT2D eigenvalue weighted by molar-refractivity contribution is 0.597. The van der Waals surface area contributed by atoms with Gasteiger partial charge in [-0.25, -0.2) is 16.8 Å². The summed E-state index contributed by atoms with van der Waals surface area (Å²) in [5.41, 5.74) is 1.61. The largest absolute Gasteiger partial charge is 0.223 e. The maximum absolute atomic E-state index is 12.0. The third-order valence-electron chi connectivity index (χ3n) is 3.43. The molecule has 126 valence electrons. The zero-order chi connectivity index (χ0) is 17.8. The zero-order valence-corrected chi connectivity index (χ0v) is 14.7. The summed E-state index contributed by atoms with van der Waals surface area (Å²) >= 11 is 0. The van der Waals surface area contributed by atoms with Crippen LogP contribution in [0.2, 0.25) is 0 Å². The zero-order valence-electron chi connectivity index (χ0n) is 13.1. The molecule has 24 heavy (non-hydrogen) atoms. The molecule has 0 heterocycles. The van der Waals surface area contributed by atoms with Gasteiger partial charge in [0.2, 0.25) is 0 Å². The van der Waals surface area contributed by atoms with E-state index < -0.39 is 19.7 Å². The molecule has 4 nitrogen and oxygen atoms in total. The fourth-order valence-corrected chi connectivity index (χ4v) is 4.32. The smallest absolute Gasteiger partial charge is 0.181 e. The Morgan fingerprint density at radius 1 is 0.625 bits per heavy atom. The van der Waals surface area contributed by atoms with E-state index in [9.17, 15) is 16.8 Å². The molecule has 0 radical (unpaired) electrons. The predicted molar refractivity (Wildman–Crippen MR) is 96.4 cm³/mol. The maximum atomic E-state index is 12.0. The summed E-state index contributed by atoms with van der Waals surface area (Å²) in [6.07, 6.45) is 2.71. The number of benzene rings is 2. The SMILES string of the molecule is C=CCS(=O)(=O)c1ccc(-c2ccc(S(=O)(=O)CC=C)cc2)cc1. The Morgan fingerprint density at radius 2 is 0.917 bits per heavy atom. The van der Waals surface area contributed by atoms with Crippen LogP contribution in [0.25, 0.3) is 11.1 Å². The Morgan fingerprint density at radius 3 is 1.17 bits per heavy atom. The van der Waals surface area contributed by atoms with E-state index in [2.05, 4.69) is 13.2 Å². The van der Waals surface area contributed by atoms with Crippen LogP contribution in [0.3, 0.4) is 0 Å². The van der Waals surface area contributed by atoms with Gasteiger partial charge < -0.3 is 0 Å². The first-order valence-corrected chi connectivity index (χ1v) is 10.5. The van der Waals surface area contributed by atoms with Crippen molar-refractivity contribution in [1.82, 2.24) is 0 Å². The van der Waals surface area contributed by atoms with E-state index in [0.29, 0.717) is 0 Å². The first-order chi connectivity index (χ1) is 11.3. The normalized spacial score (nSPS) is 11.8.